The van der Waals surface area contributed by atoms with Crippen LogP contribution in [-0.4, -0.2) is 44.2 Å². The van der Waals surface area contributed by atoms with Crippen LogP contribution in [0.3, 0.4) is 0 Å². The van der Waals surface area contributed by atoms with E-state index in [1.807, 2.05) is 18.2 Å². The molecule has 114 valence electrons. The predicted octanol–water partition coefficient (Wildman–Crippen LogP) is 0.944. The molecule has 21 heavy (non-hydrogen) atoms. The van der Waals surface area contributed by atoms with Crippen LogP contribution in [0.2, 0.25) is 0 Å². The molecule has 1 aromatic rings. The van der Waals surface area contributed by atoms with Crippen molar-refractivity contribution in [2.24, 2.45) is 0 Å². The maximum absolute atomic E-state index is 11.6. The molecule has 0 fully saturated rings. The summed E-state index contributed by atoms with van der Waals surface area (Å²) >= 11 is 0. The van der Waals surface area contributed by atoms with E-state index in [1.54, 1.807) is 6.08 Å². The molecule has 1 heterocycles. The van der Waals surface area contributed by atoms with Gasteiger partial charge in [0.2, 0.25) is 12.7 Å². The monoisotopic (exact) mass is 293 g/mol. The van der Waals surface area contributed by atoms with E-state index in [1.165, 1.54) is 6.08 Å². The van der Waals surface area contributed by atoms with E-state index in [9.17, 15) is 4.79 Å². The van der Waals surface area contributed by atoms with Crippen LogP contribution in [0.4, 0.5) is 0 Å². The van der Waals surface area contributed by atoms with E-state index < -0.39 is 0 Å². The fourth-order valence-electron chi connectivity index (χ4n) is 1.80. The lowest BCUT2D eigenvalue weighted by Crippen LogP contribution is -2.23. The molecule has 0 radical (unpaired) electrons. The molecule has 6 heteroatoms. The molecule has 0 saturated heterocycles. The molecule has 0 atom stereocenters. The van der Waals surface area contributed by atoms with Gasteiger partial charge in [-0.05, 0) is 30.2 Å². The first kappa shape index (κ1) is 15.3. The summed E-state index contributed by atoms with van der Waals surface area (Å²) in [6, 6.07) is 5.51. The summed E-state index contributed by atoms with van der Waals surface area (Å²) < 4.78 is 15.6. The van der Waals surface area contributed by atoms with Gasteiger partial charge < -0.3 is 24.6 Å². The number of aliphatic hydroxyl groups excluding tert-OH is 1. The van der Waals surface area contributed by atoms with E-state index >= 15 is 0 Å². The highest BCUT2D eigenvalue weighted by Crippen LogP contribution is 2.32. The zero-order valence-corrected chi connectivity index (χ0v) is 11.7. The Labute approximate surface area is 123 Å². The lowest BCUT2D eigenvalue weighted by molar-refractivity contribution is -0.116. The van der Waals surface area contributed by atoms with Crippen molar-refractivity contribution in [1.82, 2.24) is 5.32 Å². The highest BCUT2D eigenvalue weighted by Gasteiger charge is 2.12. The van der Waals surface area contributed by atoms with Crippen LogP contribution in [-0.2, 0) is 9.53 Å². The van der Waals surface area contributed by atoms with Crippen molar-refractivity contribution in [2.75, 3.05) is 33.2 Å². The fraction of sp³-hybridized carbons (Fsp3) is 0.400. The summed E-state index contributed by atoms with van der Waals surface area (Å²) in [4.78, 5) is 11.6. The maximum atomic E-state index is 11.6. The van der Waals surface area contributed by atoms with Gasteiger partial charge in [-0.3, -0.25) is 4.79 Å². The number of carbonyl (C=O) groups excluding carboxylic acids is 1. The minimum atomic E-state index is -0.158. The number of carbonyl (C=O) groups is 1. The largest absolute Gasteiger partial charge is 0.454 e. The van der Waals surface area contributed by atoms with Gasteiger partial charge >= 0.3 is 0 Å². The van der Waals surface area contributed by atoms with E-state index in [0.29, 0.717) is 31.9 Å². The van der Waals surface area contributed by atoms with Gasteiger partial charge in [-0.15, -0.1) is 0 Å². The molecule has 0 spiro atoms. The van der Waals surface area contributed by atoms with Gasteiger partial charge in [-0.25, -0.2) is 0 Å². The van der Waals surface area contributed by atoms with Crippen molar-refractivity contribution in [3.8, 4) is 11.5 Å². The zero-order valence-electron chi connectivity index (χ0n) is 11.7. The maximum Gasteiger partial charge on any atom is 0.244 e. The van der Waals surface area contributed by atoms with Crippen molar-refractivity contribution in [3.05, 3.63) is 29.8 Å². The summed E-state index contributed by atoms with van der Waals surface area (Å²) in [5.41, 5.74) is 0.876. The Morgan fingerprint density at radius 1 is 1.33 bits per heavy atom. The number of hydrogen-bond acceptors (Lipinski definition) is 5. The molecule has 0 aliphatic carbocycles. The van der Waals surface area contributed by atoms with Gasteiger partial charge in [0, 0.05) is 19.2 Å². The minimum absolute atomic E-state index is 0.0185. The number of fused-ring (bicyclic) bond motifs is 1. The van der Waals surface area contributed by atoms with Crippen molar-refractivity contribution in [2.45, 2.75) is 6.42 Å². The molecule has 0 bridgehead atoms. The number of aliphatic hydroxyl groups is 1. The van der Waals surface area contributed by atoms with Crippen LogP contribution in [0.15, 0.2) is 24.3 Å². The summed E-state index contributed by atoms with van der Waals surface area (Å²) in [5.74, 6) is 1.26. The van der Waals surface area contributed by atoms with Crippen LogP contribution in [0.5, 0.6) is 11.5 Å². The first-order valence-corrected chi connectivity index (χ1v) is 6.84. The van der Waals surface area contributed by atoms with Gasteiger partial charge in [-0.1, -0.05) is 6.07 Å². The van der Waals surface area contributed by atoms with Crippen LogP contribution >= 0.6 is 0 Å². The molecular formula is C15H19NO5. The molecule has 1 aliphatic heterocycles. The Bertz CT molecular complexity index is 501. The van der Waals surface area contributed by atoms with Gasteiger partial charge in [0.1, 0.15) is 0 Å². The third-order valence-electron chi connectivity index (χ3n) is 2.82. The Kier molecular flexibility index (Phi) is 6.05. The first-order chi connectivity index (χ1) is 10.3. The average Bonchev–Trinajstić information content (AvgIpc) is 2.96. The highest BCUT2D eigenvalue weighted by atomic mass is 16.7. The topological polar surface area (TPSA) is 77.0 Å². The number of nitrogens with one attached hydrogen (secondary N) is 1. The Balaban J connectivity index is 1.70. The average molecular weight is 293 g/mol. The van der Waals surface area contributed by atoms with E-state index in [-0.39, 0.29) is 19.3 Å². The molecule has 0 aromatic heterocycles. The van der Waals surface area contributed by atoms with Gasteiger partial charge in [0.05, 0.1) is 13.2 Å². The SMILES string of the molecule is O=C(/C=C/c1ccc2c(c1)OCO2)NCCCOCCO. The number of amides is 1. The predicted molar refractivity (Wildman–Crippen MR) is 77.1 cm³/mol. The third kappa shape index (κ3) is 5.09. The lowest BCUT2D eigenvalue weighted by Gasteiger charge is -2.03. The van der Waals surface area contributed by atoms with Crippen LogP contribution in [0, 0.1) is 0 Å². The Morgan fingerprint density at radius 3 is 3.05 bits per heavy atom. The molecule has 2 N–H and O–H groups in total. The second-order valence-electron chi connectivity index (χ2n) is 4.43. The van der Waals surface area contributed by atoms with E-state index in [4.69, 9.17) is 19.3 Å². The third-order valence-corrected chi connectivity index (χ3v) is 2.82. The molecule has 0 saturated carbocycles. The van der Waals surface area contributed by atoms with Crippen molar-refractivity contribution < 1.29 is 24.1 Å². The van der Waals surface area contributed by atoms with Crippen molar-refractivity contribution in [3.63, 3.8) is 0 Å². The fourth-order valence-corrected chi connectivity index (χ4v) is 1.80. The summed E-state index contributed by atoms with van der Waals surface area (Å²) in [6.07, 6.45) is 3.91. The normalized spacial score (nSPS) is 12.8. The van der Waals surface area contributed by atoms with Gasteiger partial charge in [0.25, 0.3) is 0 Å². The van der Waals surface area contributed by atoms with Gasteiger partial charge in [-0.2, -0.15) is 0 Å². The number of rotatable bonds is 8. The van der Waals surface area contributed by atoms with E-state index in [2.05, 4.69) is 5.32 Å². The van der Waals surface area contributed by atoms with Crippen molar-refractivity contribution in [1.29, 1.82) is 0 Å². The highest BCUT2D eigenvalue weighted by molar-refractivity contribution is 5.91. The second kappa shape index (κ2) is 8.28. The number of ether oxygens (including phenoxy) is 3. The number of benzene rings is 1. The molecule has 2 rings (SSSR count). The summed E-state index contributed by atoms with van der Waals surface area (Å²) in [5, 5.41) is 11.3. The zero-order chi connectivity index (χ0) is 14.9. The molecule has 6 nitrogen and oxygen atoms in total. The van der Waals surface area contributed by atoms with Crippen LogP contribution < -0.4 is 14.8 Å². The Morgan fingerprint density at radius 2 is 2.19 bits per heavy atom. The van der Waals surface area contributed by atoms with Gasteiger partial charge in [0.15, 0.2) is 11.5 Å². The molecule has 1 aromatic carbocycles. The van der Waals surface area contributed by atoms with E-state index in [0.717, 1.165) is 11.3 Å². The quantitative estimate of drug-likeness (QED) is 0.551. The van der Waals surface area contributed by atoms with Crippen molar-refractivity contribution >= 4 is 12.0 Å². The summed E-state index contributed by atoms with van der Waals surface area (Å²) in [7, 11) is 0. The standard InChI is InChI=1S/C15H19NO5/c17-7-9-19-8-1-6-16-15(18)5-3-12-2-4-13-14(10-12)21-11-20-13/h2-5,10,17H,1,6-9,11H2,(H,16,18)/b5-3+. The lowest BCUT2D eigenvalue weighted by atomic mass is 10.2. The molecule has 0 unspecified atom stereocenters. The number of hydrogen-bond donors (Lipinski definition) is 2. The minimum Gasteiger partial charge on any atom is -0.454 e. The summed E-state index contributed by atoms with van der Waals surface area (Å²) in [6.45, 7) is 1.65. The van der Waals surface area contributed by atoms with Crippen LogP contribution in [0.1, 0.15) is 12.0 Å². The second-order valence-corrected chi connectivity index (χ2v) is 4.43. The van der Waals surface area contributed by atoms with Crippen LogP contribution in [0.25, 0.3) is 6.08 Å². The molecule has 1 aliphatic rings. The smallest absolute Gasteiger partial charge is 0.244 e. The molecule has 1 amide bonds. The molecular weight excluding hydrogens is 274 g/mol. The Hall–Kier alpha value is -2.05. The first-order valence-electron chi connectivity index (χ1n) is 6.84.